The zero-order valence-corrected chi connectivity index (χ0v) is 19.3. The van der Waals surface area contributed by atoms with Gasteiger partial charge in [-0.25, -0.2) is 0 Å². The van der Waals surface area contributed by atoms with Crippen LogP contribution in [0.1, 0.15) is 12.0 Å². The number of benzene rings is 1. The molecule has 4 atom stereocenters. The van der Waals surface area contributed by atoms with Crippen molar-refractivity contribution in [1.29, 1.82) is 0 Å². The zero-order chi connectivity index (χ0) is 22.3. The Morgan fingerprint density at radius 3 is 2.81 bits per heavy atom. The van der Waals surface area contributed by atoms with Gasteiger partial charge in [0, 0.05) is 44.3 Å². The first-order chi connectivity index (χ1) is 15.5. The highest BCUT2D eigenvalue weighted by molar-refractivity contribution is 6.31. The van der Waals surface area contributed by atoms with Crippen molar-refractivity contribution in [2.75, 3.05) is 52.9 Å². The predicted molar refractivity (Wildman–Crippen MR) is 122 cm³/mol. The van der Waals surface area contributed by atoms with Crippen molar-refractivity contribution in [2.24, 2.45) is 11.8 Å². The van der Waals surface area contributed by atoms with E-state index in [0.717, 1.165) is 44.7 Å². The molecule has 4 aliphatic rings. The molecule has 5 rings (SSSR count). The van der Waals surface area contributed by atoms with E-state index in [9.17, 15) is 9.59 Å². The van der Waals surface area contributed by atoms with Gasteiger partial charge in [-0.2, -0.15) is 0 Å². The number of fused-ring (bicyclic) bond motifs is 1. The minimum Gasteiger partial charge on any atom is -0.360 e. The van der Waals surface area contributed by atoms with E-state index in [-0.39, 0.29) is 17.9 Å². The molecule has 2 amide bonds. The molecular weight excluding hydrogens is 428 g/mol. The lowest BCUT2D eigenvalue weighted by Crippen LogP contribution is -2.46. The molecule has 3 saturated heterocycles. The van der Waals surface area contributed by atoms with E-state index in [1.807, 2.05) is 36.4 Å². The average molecular weight is 459 g/mol. The summed E-state index contributed by atoms with van der Waals surface area (Å²) in [5.74, 6) is -1.02. The van der Waals surface area contributed by atoms with Crippen molar-refractivity contribution in [1.82, 2.24) is 20.0 Å². The molecule has 32 heavy (non-hydrogen) atoms. The quantitative estimate of drug-likeness (QED) is 0.494. The molecule has 0 unspecified atom stereocenters. The number of hydrogen-bond acceptors (Lipinski definition) is 5. The van der Waals surface area contributed by atoms with Crippen LogP contribution in [0, 0.1) is 11.8 Å². The number of nitrogens with zero attached hydrogens (tertiary/aromatic N) is 3. The molecule has 2 bridgehead atoms. The molecule has 3 fully saturated rings. The van der Waals surface area contributed by atoms with Crippen LogP contribution < -0.4 is 5.32 Å². The minimum atomic E-state index is -0.690. The second-order valence-electron chi connectivity index (χ2n) is 9.48. The van der Waals surface area contributed by atoms with Crippen LogP contribution >= 0.6 is 11.6 Å². The summed E-state index contributed by atoms with van der Waals surface area (Å²) in [6.45, 7) is 6.83. The van der Waals surface area contributed by atoms with Crippen molar-refractivity contribution in [3.05, 3.63) is 47.0 Å². The van der Waals surface area contributed by atoms with Crippen molar-refractivity contribution in [2.45, 2.75) is 24.7 Å². The Morgan fingerprint density at radius 1 is 1.25 bits per heavy atom. The first kappa shape index (κ1) is 21.9. The molecule has 7 nitrogen and oxygen atoms in total. The van der Waals surface area contributed by atoms with Gasteiger partial charge in [-0.15, -0.1) is 0 Å². The topological polar surface area (TPSA) is 65.1 Å². The maximum absolute atomic E-state index is 13.3. The van der Waals surface area contributed by atoms with Crippen LogP contribution in [0.5, 0.6) is 0 Å². The maximum Gasteiger partial charge on any atom is 0.230 e. The van der Waals surface area contributed by atoms with Crippen LogP contribution in [0.25, 0.3) is 0 Å². The van der Waals surface area contributed by atoms with Gasteiger partial charge in [0.2, 0.25) is 11.8 Å². The van der Waals surface area contributed by atoms with E-state index in [0.29, 0.717) is 24.7 Å². The fourth-order valence-electron chi connectivity index (χ4n) is 5.55. The number of likely N-dealkylation sites (N-methyl/N-ethyl adjacent to an activating group) is 1. The summed E-state index contributed by atoms with van der Waals surface area (Å²) >= 11 is 6.31. The molecular formula is C24H31ClN4O3. The Bertz CT molecular complexity index is 916. The molecule has 172 valence electrons. The second kappa shape index (κ2) is 8.78. The first-order valence-corrected chi connectivity index (χ1v) is 11.9. The summed E-state index contributed by atoms with van der Waals surface area (Å²) in [5, 5.41) is 3.72. The van der Waals surface area contributed by atoms with Gasteiger partial charge in [-0.3, -0.25) is 9.59 Å². The number of halogens is 1. The molecule has 8 heteroatoms. The van der Waals surface area contributed by atoms with E-state index in [1.54, 1.807) is 4.90 Å². The third-order valence-electron chi connectivity index (χ3n) is 7.35. The van der Waals surface area contributed by atoms with E-state index >= 15 is 0 Å². The summed E-state index contributed by atoms with van der Waals surface area (Å²) in [6, 6.07) is 7.56. The first-order valence-electron chi connectivity index (χ1n) is 11.5. The van der Waals surface area contributed by atoms with E-state index in [2.05, 4.69) is 22.2 Å². The lowest BCUT2D eigenvalue weighted by molar-refractivity contribution is -0.137. The number of carbonyl (C=O) groups excluding carboxylic acids is 2. The number of amides is 2. The molecule has 1 aromatic rings. The molecule has 0 aliphatic carbocycles. The fraction of sp³-hybridized carbons (Fsp3) is 0.583. The number of nitrogens with one attached hydrogen (secondary N) is 1. The molecule has 0 aromatic heterocycles. The Kier molecular flexibility index (Phi) is 6.01. The SMILES string of the molecule is CN1CCN(CCCNC(=O)[C@H]2[C@H]3C=C[C@@]4(CN(Cc5ccccc5Cl)C(=O)[C@@H]24)O3)CC1. The number of ether oxygens (including phenoxy) is 1. The summed E-state index contributed by atoms with van der Waals surface area (Å²) in [6.07, 6.45) is 4.54. The van der Waals surface area contributed by atoms with Gasteiger partial charge in [0.05, 0.1) is 24.5 Å². The largest absolute Gasteiger partial charge is 0.360 e. The van der Waals surface area contributed by atoms with Crippen LogP contribution in [-0.2, 0) is 20.9 Å². The van der Waals surface area contributed by atoms with Crippen LogP contribution in [0.2, 0.25) is 5.02 Å². The summed E-state index contributed by atoms with van der Waals surface area (Å²) in [7, 11) is 2.15. The number of rotatable bonds is 7. The van der Waals surface area contributed by atoms with Crippen LogP contribution in [0.4, 0.5) is 0 Å². The summed E-state index contributed by atoms with van der Waals surface area (Å²) in [5.41, 5.74) is 0.215. The van der Waals surface area contributed by atoms with Gasteiger partial charge >= 0.3 is 0 Å². The minimum absolute atomic E-state index is 0.0191. The van der Waals surface area contributed by atoms with Gasteiger partial charge in [-0.1, -0.05) is 42.0 Å². The van der Waals surface area contributed by atoms with Crippen molar-refractivity contribution < 1.29 is 14.3 Å². The Labute approximate surface area is 194 Å². The highest BCUT2D eigenvalue weighted by Gasteiger charge is 2.66. The van der Waals surface area contributed by atoms with Gasteiger partial charge in [0.15, 0.2) is 0 Å². The van der Waals surface area contributed by atoms with Crippen LogP contribution in [0.15, 0.2) is 36.4 Å². The van der Waals surface area contributed by atoms with E-state index < -0.39 is 17.4 Å². The van der Waals surface area contributed by atoms with Gasteiger partial charge in [-0.05, 0) is 31.6 Å². The second-order valence-corrected chi connectivity index (χ2v) is 9.88. The van der Waals surface area contributed by atoms with Gasteiger partial charge in [0.25, 0.3) is 0 Å². The van der Waals surface area contributed by atoms with Crippen LogP contribution in [-0.4, -0.2) is 91.1 Å². The van der Waals surface area contributed by atoms with Crippen molar-refractivity contribution >= 4 is 23.4 Å². The number of likely N-dealkylation sites (tertiary alicyclic amines) is 1. The predicted octanol–water partition coefficient (Wildman–Crippen LogP) is 1.38. The number of piperazine rings is 1. The highest BCUT2D eigenvalue weighted by Crippen LogP contribution is 2.52. The average Bonchev–Trinajstić information content (AvgIpc) is 3.42. The highest BCUT2D eigenvalue weighted by atomic mass is 35.5. The third-order valence-corrected chi connectivity index (χ3v) is 7.72. The monoisotopic (exact) mass is 458 g/mol. The normalized spacial score (nSPS) is 32.0. The standard InChI is InChI=1S/C24H31ClN4O3/c1-27-11-13-28(14-12-27)10-4-9-26-22(30)20-19-7-8-24(32-19)16-29(23(31)21(20)24)15-17-5-2-3-6-18(17)25/h2-3,5-8,19-21H,4,9-16H2,1H3,(H,26,30)/t19-,20+,21-,24+/m1/s1. The van der Waals surface area contributed by atoms with E-state index in [4.69, 9.17) is 16.3 Å². The Balaban J connectivity index is 1.18. The summed E-state index contributed by atoms with van der Waals surface area (Å²) < 4.78 is 6.22. The van der Waals surface area contributed by atoms with E-state index in [1.165, 1.54) is 0 Å². The summed E-state index contributed by atoms with van der Waals surface area (Å²) in [4.78, 5) is 33.0. The Hall–Kier alpha value is -1.93. The van der Waals surface area contributed by atoms with Crippen LogP contribution in [0.3, 0.4) is 0 Å². The maximum atomic E-state index is 13.3. The molecule has 0 radical (unpaired) electrons. The third kappa shape index (κ3) is 3.96. The molecule has 1 N–H and O–H groups in total. The molecule has 1 spiro atoms. The number of carbonyl (C=O) groups is 2. The molecule has 4 aliphatic heterocycles. The molecule has 1 aromatic carbocycles. The zero-order valence-electron chi connectivity index (χ0n) is 18.5. The van der Waals surface area contributed by atoms with Gasteiger partial charge < -0.3 is 24.8 Å². The molecule has 0 saturated carbocycles. The smallest absolute Gasteiger partial charge is 0.230 e. The number of hydrogen-bond donors (Lipinski definition) is 1. The lowest BCUT2D eigenvalue weighted by atomic mass is 9.77. The lowest BCUT2D eigenvalue weighted by Gasteiger charge is -2.32. The van der Waals surface area contributed by atoms with Gasteiger partial charge in [0.1, 0.15) is 5.60 Å². The fourth-order valence-corrected chi connectivity index (χ4v) is 5.74. The van der Waals surface area contributed by atoms with Crippen molar-refractivity contribution in [3.63, 3.8) is 0 Å². The van der Waals surface area contributed by atoms with Crippen molar-refractivity contribution in [3.8, 4) is 0 Å². The Morgan fingerprint density at radius 2 is 2.03 bits per heavy atom. The molecule has 4 heterocycles.